The molecule has 22 heavy (non-hydrogen) atoms. The van der Waals surface area contributed by atoms with Crippen molar-refractivity contribution in [1.82, 2.24) is 35.7 Å². The molecule has 2 aromatic heterocycles. The van der Waals surface area contributed by atoms with Crippen molar-refractivity contribution < 1.29 is 4.79 Å². The van der Waals surface area contributed by atoms with Crippen molar-refractivity contribution in [1.29, 1.82) is 0 Å². The number of hydrogen-bond acceptors (Lipinski definition) is 5. The second kappa shape index (κ2) is 6.25. The third-order valence-electron chi connectivity index (χ3n) is 4.18. The Hall–Kier alpha value is -2.25. The SMILES string of the molecule is CCCn1cc(C(=O)NC2(c3nn[nH]n3)CCCCC2)cn1. The number of aromatic nitrogens is 6. The van der Waals surface area contributed by atoms with Crippen molar-refractivity contribution in [2.24, 2.45) is 0 Å². The van der Waals surface area contributed by atoms with Crippen LogP contribution in [0.3, 0.4) is 0 Å². The van der Waals surface area contributed by atoms with Gasteiger partial charge in [0.05, 0.1) is 11.8 Å². The second-order valence-corrected chi connectivity index (χ2v) is 5.82. The number of nitrogens with one attached hydrogen (secondary N) is 2. The Morgan fingerprint density at radius 3 is 2.91 bits per heavy atom. The van der Waals surface area contributed by atoms with Crippen LogP contribution in [0.25, 0.3) is 0 Å². The zero-order valence-corrected chi connectivity index (χ0v) is 12.7. The van der Waals surface area contributed by atoms with Crippen molar-refractivity contribution in [2.45, 2.75) is 57.5 Å². The fraction of sp³-hybridized carbons (Fsp3) is 0.643. The molecule has 1 fully saturated rings. The molecular weight excluding hydrogens is 282 g/mol. The van der Waals surface area contributed by atoms with Crippen LogP contribution in [-0.4, -0.2) is 36.3 Å². The van der Waals surface area contributed by atoms with Gasteiger partial charge < -0.3 is 5.32 Å². The molecule has 2 heterocycles. The molecule has 0 radical (unpaired) electrons. The van der Waals surface area contributed by atoms with Crippen LogP contribution in [-0.2, 0) is 12.1 Å². The van der Waals surface area contributed by atoms with Gasteiger partial charge in [-0.2, -0.15) is 10.3 Å². The van der Waals surface area contributed by atoms with Gasteiger partial charge in [0.2, 0.25) is 0 Å². The van der Waals surface area contributed by atoms with E-state index in [4.69, 9.17) is 0 Å². The first-order chi connectivity index (χ1) is 10.7. The molecule has 2 N–H and O–H groups in total. The van der Waals surface area contributed by atoms with E-state index >= 15 is 0 Å². The zero-order valence-electron chi connectivity index (χ0n) is 12.7. The molecular formula is C14H21N7O. The van der Waals surface area contributed by atoms with Crippen molar-refractivity contribution in [2.75, 3.05) is 0 Å². The average molecular weight is 303 g/mol. The Bertz CT molecular complexity index is 613. The smallest absolute Gasteiger partial charge is 0.255 e. The van der Waals surface area contributed by atoms with Crippen LogP contribution in [0.2, 0.25) is 0 Å². The van der Waals surface area contributed by atoms with Crippen LogP contribution in [0, 0.1) is 0 Å². The Balaban J connectivity index is 1.79. The first-order valence-electron chi connectivity index (χ1n) is 7.82. The number of nitrogens with zero attached hydrogens (tertiary/aromatic N) is 5. The third kappa shape index (κ3) is 2.86. The van der Waals surface area contributed by atoms with Gasteiger partial charge in [-0.3, -0.25) is 9.48 Å². The molecule has 1 saturated carbocycles. The lowest BCUT2D eigenvalue weighted by Crippen LogP contribution is -2.48. The summed E-state index contributed by atoms with van der Waals surface area (Å²) >= 11 is 0. The molecule has 0 saturated heterocycles. The number of H-pyrrole nitrogens is 1. The average Bonchev–Trinajstić information content (AvgIpc) is 3.20. The zero-order chi connectivity index (χ0) is 15.4. The maximum atomic E-state index is 12.6. The van der Waals surface area contributed by atoms with Crippen LogP contribution in [0.1, 0.15) is 61.6 Å². The highest BCUT2D eigenvalue weighted by Crippen LogP contribution is 2.35. The van der Waals surface area contributed by atoms with Crippen LogP contribution in [0.5, 0.6) is 0 Å². The minimum absolute atomic E-state index is 0.131. The maximum absolute atomic E-state index is 12.6. The maximum Gasteiger partial charge on any atom is 0.255 e. The standard InChI is InChI=1S/C14H21N7O/c1-2-8-21-10-11(9-15-21)12(22)16-14(6-4-3-5-7-14)13-17-19-20-18-13/h9-10H,2-8H2,1H3,(H,16,22)(H,17,18,19,20). The van der Waals surface area contributed by atoms with Crippen molar-refractivity contribution in [3.8, 4) is 0 Å². The molecule has 0 aliphatic heterocycles. The summed E-state index contributed by atoms with van der Waals surface area (Å²) in [6, 6.07) is 0. The topological polar surface area (TPSA) is 101 Å². The molecule has 0 atom stereocenters. The van der Waals surface area contributed by atoms with E-state index in [2.05, 4.69) is 38.0 Å². The van der Waals surface area contributed by atoms with Gasteiger partial charge in [-0.15, -0.1) is 10.2 Å². The molecule has 0 bridgehead atoms. The number of aromatic amines is 1. The highest BCUT2D eigenvalue weighted by Gasteiger charge is 2.39. The van der Waals surface area contributed by atoms with Crippen molar-refractivity contribution in [3.63, 3.8) is 0 Å². The molecule has 0 spiro atoms. The molecule has 0 aromatic carbocycles. The minimum Gasteiger partial charge on any atom is -0.339 e. The predicted molar refractivity (Wildman–Crippen MR) is 78.9 cm³/mol. The van der Waals surface area contributed by atoms with Crippen molar-refractivity contribution >= 4 is 5.91 Å². The van der Waals surface area contributed by atoms with Gasteiger partial charge in [-0.05, 0) is 19.3 Å². The largest absolute Gasteiger partial charge is 0.339 e. The molecule has 1 aliphatic rings. The number of tetrazole rings is 1. The number of carbonyl (C=O) groups excluding carboxylic acids is 1. The summed E-state index contributed by atoms with van der Waals surface area (Å²) in [7, 11) is 0. The molecule has 8 heteroatoms. The summed E-state index contributed by atoms with van der Waals surface area (Å²) in [5.74, 6) is 0.440. The lowest BCUT2D eigenvalue weighted by atomic mass is 9.81. The van der Waals surface area contributed by atoms with Gasteiger partial charge >= 0.3 is 0 Å². The van der Waals surface area contributed by atoms with Gasteiger partial charge in [0.15, 0.2) is 5.82 Å². The van der Waals surface area contributed by atoms with E-state index in [0.717, 1.165) is 38.6 Å². The summed E-state index contributed by atoms with van der Waals surface area (Å²) < 4.78 is 1.79. The van der Waals surface area contributed by atoms with E-state index in [0.29, 0.717) is 11.4 Å². The first-order valence-corrected chi connectivity index (χ1v) is 7.82. The van der Waals surface area contributed by atoms with Gasteiger partial charge in [0.25, 0.3) is 5.91 Å². The van der Waals surface area contributed by atoms with E-state index in [-0.39, 0.29) is 5.91 Å². The van der Waals surface area contributed by atoms with E-state index in [9.17, 15) is 4.79 Å². The lowest BCUT2D eigenvalue weighted by molar-refractivity contribution is 0.0858. The summed E-state index contributed by atoms with van der Waals surface area (Å²) in [6.45, 7) is 2.89. The predicted octanol–water partition coefficient (Wildman–Crippen LogP) is 1.40. The van der Waals surface area contributed by atoms with E-state index < -0.39 is 5.54 Å². The third-order valence-corrected chi connectivity index (χ3v) is 4.18. The summed E-state index contributed by atoms with van der Waals surface area (Å²) in [6.07, 6.45) is 9.30. The fourth-order valence-electron chi connectivity index (χ4n) is 3.05. The molecule has 2 aromatic rings. The molecule has 3 rings (SSSR count). The molecule has 118 valence electrons. The van der Waals surface area contributed by atoms with Gasteiger partial charge in [0.1, 0.15) is 5.54 Å². The van der Waals surface area contributed by atoms with E-state index in [1.54, 1.807) is 17.1 Å². The van der Waals surface area contributed by atoms with Crippen molar-refractivity contribution in [3.05, 3.63) is 23.8 Å². The van der Waals surface area contributed by atoms with Gasteiger partial charge in [0, 0.05) is 12.7 Å². The second-order valence-electron chi connectivity index (χ2n) is 5.82. The van der Waals surface area contributed by atoms with Gasteiger partial charge in [-0.1, -0.05) is 31.4 Å². The Morgan fingerprint density at radius 2 is 2.23 bits per heavy atom. The molecule has 1 aliphatic carbocycles. The Kier molecular flexibility index (Phi) is 4.17. The monoisotopic (exact) mass is 303 g/mol. The molecule has 8 nitrogen and oxygen atoms in total. The normalized spacial score (nSPS) is 17.3. The summed E-state index contributed by atoms with van der Waals surface area (Å²) in [5, 5.41) is 21.7. The van der Waals surface area contributed by atoms with Crippen LogP contribution < -0.4 is 5.32 Å². The number of rotatable bonds is 5. The lowest BCUT2D eigenvalue weighted by Gasteiger charge is -2.35. The molecule has 1 amide bonds. The fourth-order valence-corrected chi connectivity index (χ4v) is 3.05. The summed E-state index contributed by atoms with van der Waals surface area (Å²) in [5.41, 5.74) is 0.0525. The van der Waals surface area contributed by atoms with Crippen LogP contribution in [0.4, 0.5) is 0 Å². The molecule has 0 unspecified atom stereocenters. The highest BCUT2D eigenvalue weighted by molar-refractivity contribution is 5.94. The number of carbonyl (C=O) groups is 1. The van der Waals surface area contributed by atoms with E-state index in [1.807, 2.05) is 0 Å². The number of aryl methyl sites for hydroxylation is 1. The first kappa shape index (κ1) is 14.7. The van der Waals surface area contributed by atoms with Crippen LogP contribution >= 0.6 is 0 Å². The minimum atomic E-state index is -0.519. The van der Waals surface area contributed by atoms with Gasteiger partial charge in [-0.25, -0.2) is 0 Å². The highest BCUT2D eigenvalue weighted by atomic mass is 16.1. The van der Waals surface area contributed by atoms with E-state index in [1.165, 1.54) is 6.42 Å². The number of amides is 1. The Labute approximate surface area is 128 Å². The van der Waals surface area contributed by atoms with Crippen LogP contribution in [0.15, 0.2) is 12.4 Å². The summed E-state index contributed by atoms with van der Waals surface area (Å²) in [4.78, 5) is 12.6. The Morgan fingerprint density at radius 1 is 1.41 bits per heavy atom. The quantitative estimate of drug-likeness (QED) is 0.869. The number of hydrogen-bond donors (Lipinski definition) is 2.